The summed E-state index contributed by atoms with van der Waals surface area (Å²) in [6, 6.07) is 5.14. The number of anilines is 2. The molecule has 0 amide bonds. The number of fused-ring (bicyclic) bond motifs is 1. The second kappa shape index (κ2) is 8.93. The molecule has 4 rings (SSSR count). The molecular formula is C20H21ClF3N7O. The zero-order valence-electron chi connectivity index (χ0n) is 16.9. The van der Waals surface area contributed by atoms with Crippen LogP contribution < -0.4 is 10.4 Å². The fraction of sp³-hybridized carbons (Fsp3) is 0.350. The lowest BCUT2D eigenvalue weighted by molar-refractivity contribution is -0.0543. The highest BCUT2D eigenvalue weighted by Gasteiger charge is 2.33. The zero-order chi connectivity index (χ0) is 22.9. The molecule has 0 radical (unpaired) electrons. The van der Waals surface area contributed by atoms with Gasteiger partial charge in [-0.25, -0.2) is 23.2 Å². The number of piperidine rings is 1. The number of nitrogens with one attached hydrogen (secondary N) is 3. The van der Waals surface area contributed by atoms with E-state index in [1.807, 2.05) is 4.90 Å². The molecule has 1 fully saturated rings. The Kier molecular flexibility index (Phi) is 6.22. The molecule has 8 nitrogen and oxygen atoms in total. The summed E-state index contributed by atoms with van der Waals surface area (Å²) in [4.78, 5) is 13.5. The number of hydrogen-bond donors (Lipinski definition) is 4. The van der Waals surface area contributed by atoms with Crippen molar-refractivity contribution in [3.63, 3.8) is 0 Å². The summed E-state index contributed by atoms with van der Waals surface area (Å²) >= 11 is 5.77. The fourth-order valence-electron chi connectivity index (χ4n) is 3.49. The van der Waals surface area contributed by atoms with Gasteiger partial charge in [-0.05, 0) is 24.3 Å². The maximum absolute atomic E-state index is 13.4. The van der Waals surface area contributed by atoms with E-state index in [-0.39, 0.29) is 29.4 Å². The number of aromatic nitrogens is 3. The van der Waals surface area contributed by atoms with Gasteiger partial charge in [0.05, 0.1) is 16.2 Å². The fourth-order valence-corrected chi connectivity index (χ4v) is 3.66. The molecule has 2 aromatic heterocycles. The Hall–Kier alpha value is -2.89. The van der Waals surface area contributed by atoms with Crippen LogP contribution in [0, 0.1) is 11.2 Å². The van der Waals surface area contributed by atoms with Crippen LogP contribution in [0.15, 0.2) is 30.5 Å². The summed E-state index contributed by atoms with van der Waals surface area (Å²) in [5, 5.41) is 22.3. The van der Waals surface area contributed by atoms with Crippen molar-refractivity contribution in [3.05, 3.63) is 46.9 Å². The predicted octanol–water partition coefficient (Wildman–Crippen LogP) is 4.11. The Morgan fingerprint density at radius 2 is 2.06 bits per heavy atom. The van der Waals surface area contributed by atoms with Crippen molar-refractivity contribution in [3.8, 4) is 0 Å². The minimum absolute atomic E-state index is 0.122. The number of H-pyrrole nitrogens is 1. The van der Waals surface area contributed by atoms with Crippen molar-refractivity contribution in [1.29, 1.82) is 5.41 Å². The minimum atomic E-state index is -2.57. The molecule has 0 spiro atoms. The topological polar surface area (TPSA) is 104 Å². The van der Waals surface area contributed by atoms with E-state index in [0.29, 0.717) is 53.9 Å². The lowest BCUT2D eigenvalue weighted by Crippen LogP contribution is -2.41. The predicted molar refractivity (Wildman–Crippen MR) is 116 cm³/mol. The van der Waals surface area contributed by atoms with Crippen molar-refractivity contribution < 1.29 is 18.4 Å². The Bertz CT molecular complexity index is 1130. The van der Waals surface area contributed by atoms with Crippen molar-refractivity contribution in [2.75, 3.05) is 36.6 Å². The molecule has 3 aromatic rings. The number of imidazole rings is 1. The normalized spacial score (nSPS) is 16.3. The highest BCUT2D eigenvalue weighted by atomic mass is 35.5. The zero-order valence-corrected chi connectivity index (χ0v) is 17.6. The molecule has 0 unspecified atom stereocenters. The molecule has 0 saturated carbocycles. The SMILES string of the molecule is N=C(c1ccnc2nc(NCCN3CCC(F)(F)CC3)[nH]c12)N(O)c1ccc(F)c(Cl)c1. The second-order valence-corrected chi connectivity index (χ2v) is 7.93. The number of hydrogen-bond acceptors (Lipinski definition) is 6. The van der Waals surface area contributed by atoms with Gasteiger partial charge in [0.25, 0.3) is 5.92 Å². The third kappa shape index (κ3) is 4.79. The van der Waals surface area contributed by atoms with E-state index >= 15 is 0 Å². The van der Waals surface area contributed by atoms with Crippen molar-refractivity contribution in [2.45, 2.75) is 18.8 Å². The maximum atomic E-state index is 13.4. The standard InChI is InChI=1S/C20H21ClF3N7O/c21-14-11-12(1-2-15(14)22)31(32)17(25)13-3-6-26-18-16(13)28-19(29-18)27-7-10-30-8-4-20(23,24)5-9-30/h1-3,6,11,25,32H,4-5,7-10H2,(H2,26,27,28,29). The maximum Gasteiger partial charge on any atom is 0.250 e. The van der Waals surface area contributed by atoms with Gasteiger partial charge >= 0.3 is 0 Å². The summed E-state index contributed by atoms with van der Waals surface area (Å²) in [6.07, 6.45) is 1.18. The lowest BCUT2D eigenvalue weighted by Gasteiger charge is -2.31. The molecule has 1 aliphatic rings. The van der Waals surface area contributed by atoms with Crippen LogP contribution in [0.3, 0.4) is 0 Å². The van der Waals surface area contributed by atoms with Crippen LogP contribution in [0.25, 0.3) is 11.2 Å². The number of halogens is 4. The van der Waals surface area contributed by atoms with Crippen molar-refractivity contribution in [1.82, 2.24) is 19.9 Å². The molecule has 170 valence electrons. The van der Waals surface area contributed by atoms with E-state index in [1.54, 1.807) is 0 Å². The van der Waals surface area contributed by atoms with Gasteiger partial charge in [-0.15, -0.1) is 0 Å². The summed E-state index contributed by atoms with van der Waals surface area (Å²) in [7, 11) is 0. The van der Waals surface area contributed by atoms with Crippen LogP contribution in [-0.4, -0.2) is 63.0 Å². The summed E-state index contributed by atoms with van der Waals surface area (Å²) < 4.78 is 39.9. The van der Waals surface area contributed by atoms with Gasteiger partial charge in [-0.2, -0.15) is 4.98 Å². The van der Waals surface area contributed by atoms with Crippen LogP contribution in [0.2, 0.25) is 5.02 Å². The monoisotopic (exact) mass is 467 g/mol. The van der Waals surface area contributed by atoms with Crippen molar-refractivity contribution >= 4 is 40.2 Å². The van der Waals surface area contributed by atoms with E-state index in [1.165, 1.54) is 24.4 Å². The van der Waals surface area contributed by atoms with Gasteiger partial charge in [0.1, 0.15) is 5.82 Å². The molecule has 12 heteroatoms. The third-order valence-corrected chi connectivity index (χ3v) is 5.60. The van der Waals surface area contributed by atoms with Crippen LogP contribution in [0.5, 0.6) is 0 Å². The number of pyridine rings is 1. The Labute approximate surface area is 186 Å². The highest BCUT2D eigenvalue weighted by Crippen LogP contribution is 2.27. The quantitative estimate of drug-likeness (QED) is 0.247. The number of alkyl halides is 2. The van der Waals surface area contributed by atoms with E-state index in [9.17, 15) is 18.4 Å². The van der Waals surface area contributed by atoms with E-state index in [2.05, 4.69) is 20.3 Å². The number of likely N-dealkylation sites (tertiary alicyclic amines) is 1. The summed E-state index contributed by atoms with van der Waals surface area (Å²) in [5.74, 6) is -3.09. The molecule has 32 heavy (non-hydrogen) atoms. The number of nitrogens with zero attached hydrogens (tertiary/aromatic N) is 4. The van der Waals surface area contributed by atoms with Gasteiger partial charge in [-0.3, -0.25) is 10.6 Å². The first-order chi connectivity index (χ1) is 15.2. The number of rotatable bonds is 6. The molecular weight excluding hydrogens is 447 g/mol. The largest absolute Gasteiger partial charge is 0.354 e. The summed E-state index contributed by atoms with van der Waals surface area (Å²) in [6.45, 7) is 1.76. The Morgan fingerprint density at radius 3 is 2.78 bits per heavy atom. The van der Waals surface area contributed by atoms with Crippen LogP contribution in [-0.2, 0) is 0 Å². The molecule has 0 bridgehead atoms. The molecule has 4 N–H and O–H groups in total. The van der Waals surface area contributed by atoms with Gasteiger partial charge in [0.15, 0.2) is 11.5 Å². The number of benzene rings is 1. The first-order valence-corrected chi connectivity index (χ1v) is 10.3. The molecule has 3 heterocycles. The highest BCUT2D eigenvalue weighted by molar-refractivity contribution is 6.31. The first-order valence-electron chi connectivity index (χ1n) is 9.95. The smallest absolute Gasteiger partial charge is 0.250 e. The van der Waals surface area contributed by atoms with Gasteiger partial charge in [-0.1, -0.05) is 11.6 Å². The van der Waals surface area contributed by atoms with Gasteiger partial charge in [0.2, 0.25) is 5.95 Å². The molecule has 0 atom stereocenters. The average molecular weight is 468 g/mol. The van der Waals surface area contributed by atoms with Crippen LogP contribution in [0.4, 0.5) is 24.8 Å². The number of hydroxylamine groups is 1. The van der Waals surface area contributed by atoms with E-state index in [4.69, 9.17) is 17.0 Å². The van der Waals surface area contributed by atoms with Crippen LogP contribution >= 0.6 is 11.6 Å². The van der Waals surface area contributed by atoms with Crippen LogP contribution in [0.1, 0.15) is 18.4 Å². The van der Waals surface area contributed by atoms with E-state index in [0.717, 1.165) is 6.07 Å². The third-order valence-electron chi connectivity index (χ3n) is 5.31. The van der Waals surface area contributed by atoms with Gasteiger partial charge < -0.3 is 15.2 Å². The summed E-state index contributed by atoms with van der Waals surface area (Å²) in [5.41, 5.74) is 1.19. The molecule has 1 aromatic carbocycles. The van der Waals surface area contributed by atoms with E-state index < -0.39 is 11.7 Å². The average Bonchev–Trinajstić information content (AvgIpc) is 3.19. The molecule has 1 aliphatic heterocycles. The Morgan fingerprint density at radius 1 is 1.31 bits per heavy atom. The lowest BCUT2D eigenvalue weighted by atomic mass is 10.1. The molecule has 1 saturated heterocycles. The van der Waals surface area contributed by atoms with Gasteiger partial charge in [0, 0.05) is 50.8 Å². The Balaban J connectivity index is 1.44. The minimum Gasteiger partial charge on any atom is -0.354 e. The van der Waals surface area contributed by atoms with Crippen molar-refractivity contribution in [2.24, 2.45) is 0 Å². The second-order valence-electron chi connectivity index (χ2n) is 7.53. The molecule has 0 aliphatic carbocycles. The number of amidine groups is 1. The first kappa shape index (κ1) is 22.3. The number of aromatic amines is 1.